The van der Waals surface area contributed by atoms with Gasteiger partial charge in [0.2, 0.25) is 0 Å². The highest BCUT2D eigenvalue weighted by molar-refractivity contribution is 5.83. The number of benzene rings is 3. The van der Waals surface area contributed by atoms with E-state index in [0.717, 1.165) is 28.1 Å². The van der Waals surface area contributed by atoms with Crippen molar-refractivity contribution in [2.24, 2.45) is 0 Å². The minimum Gasteiger partial charge on any atom is -0.292 e. The van der Waals surface area contributed by atoms with Gasteiger partial charge >= 0.3 is 0 Å². The molecule has 0 fully saturated rings. The van der Waals surface area contributed by atoms with Crippen LogP contribution in [0.3, 0.4) is 0 Å². The molecule has 0 unspecified atom stereocenters. The largest absolute Gasteiger partial charge is 0.292 e. The van der Waals surface area contributed by atoms with Gasteiger partial charge in [-0.1, -0.05) is 48.5 Å². The molecule has 0 N–H and O–H groups in total. The normalized spacial score (nSPS) is 11.0. The molecule has 2 heteroatoms. The predicted molar refractivity (Wildman–Crippen MR) is 96.0 cm³/mol. The molecule has 0 amide bonds. The molecule has 0 bridgehead atoms. The summed E-state index contributed by atoms with van der Waals surface area (Å²) in [5, 5.41) is 0. The number of aryl methyl sites for hydroxylation is 2. The van der Waals surface area contributed by atoms with Crippen LogP contribution in [-0.4, -0.2) is 9.55 Å². The number of aromatic nitrogens is 2. The highest BCUT2D eigenvalue weighted by Gasteiger charge is 2.14. The van der Waals surface area contributed by atoms with E-state index >= 15 is 0 Å². The minimum absolute atomic E-state index is 0.982. The fourth-order valence-corrected chi connectivity index (χ4v) is 2.93. The van der Waals surface area contributed by atoms with E-state index in [-0.39, 0.29) is 0 Å². The molecule has 0 aliphatic rings. The van der Waals surface area contributed by atoms with Crippen LogP contribution in [-0.2, 0) is 0 Å². The first-order valence-electron chi connectivity index (χ1n) is 7.84. The van der Waals surface area contributed by atoms with E-state index in [1.807, 2.05) is 12.1 Å². The van der Waals surface area contributed by atoms with Crippen molar-refractivity contribution < 1.29 is 0 Å². The summed E-state index contributed by atoms with van der Waals surface area (Å²) in [6.07, 6.45) is 0. The second-order valence-electron chi connectivity index (χ2n) is 5.89. The van der Waals surface area contributed by atoms with E-state index < -0.39 is 0 Å². The van der Waals surface area contributed by atoms with Gasteiger partial charge in [-0.25, -0.2) is 4.98 Å². The molecule has 0 aliphatic heterocycles. The summed E-state index contributed by atoms with van der Waals surface area (Å²) in [5.41, 5.74) is 7.03. The SMILES string of the molecule is Cc1ccc(-n2c(-c3ccccc3)nc3ccccc32)cc1C. The number of rotatable bonds is 2. The molecule has 3 aromatic carbocycles. The smallest absolute Gasteiger partial charge is 0.145 e. The van der Waals surface area contributed by atoms with Crippen molar-refractivity contribution in [1.29, 1.82) is 0 Å². The molecule has 0 saturated carbocycles. The first-order valence-corrected chi connectivity index (χ1v) is 7.84. The van der Waals surface area contributed by atoms with Crippen molar-refractivity contribution in [3.8, 4) is 17.1 Å². The van der Waals surface area contributed by atoms with Crippen molar-refractivity contribution in [2.45, 2.75) is 13.8 Å². The van der Waals surface area contributed by atoms with Gasteiger partial charge in [-0.15, -0.1) is 0 Å². The maximum absolute atomic E-state index is 4.87. The monoisotopic (exact) mass is 298 g/mol. The number of hydrogen-bond acceptors (Lipinski definition) is 1. The van der Waals surface area contributed by atoms with Gasteiger partial charge in [-0.2, -0.15) is 0 Å². The molecular formula is C21H18N2. The Balaban J connectivity index is 2.05. The van der Waals surface area contributed by atoms with Gasteiger partial charge in [-0.3, -0.25) is 4.57 Å². The second-order valence-corrected chi connectivity index (χ2v) is 5.89. The number of imidazole rings is 1. The number of nitrogens with zero attached hydrogens (tertiary/aromatic N) is 2. The first-order chi connectivity index (χ1) is 11.2. The molecular weight excluding hydrogens is 280 g/mol. The molecule has 0 saturated heterocycles. The van der Waals surface area contributed by atoms with Crippen LogP contribution < -0.4 is 0 Å². The van der Waals surface area contributed by atoms with Crippen molar-refractivity contribution in [3.05, 3.63) is 83.9 Å². The van der Waals surface area contributed by atoms with Gasteiger partial charge in [0.1, 0.15) is 5.82 Å². The molecule has 0 spiro atoms. The molecule has 23 heavy (non-hydrogen) atoms. The van der Waals surface area contributed by atoms with Crippen LogP contribution in [0, 0.1) is 13.8 Å². The van der Waals surface area contributed by atoms with E-state index in [1.165, 1.54) is 11.1 Å². The average molecular weight is 298 g/mol. The van der Waals surface area contributed by atoms with Crippen LogP contribution in [0.4, 0.5) is 0 Å². The predicted octanol–water partition coefficient (Wildman–Crippen LogP) is 5.31. The lowest BCUT2D eigenvalue weighted by atomic mass is 10.1. The molecule has 0 radical (unpaired) electrons. The Morgan fingerprint density at radius 1 is 0.739 bits per heavy atom. The van der Waals surface area contributed by atoms with E-state index in [2.05, 4.69) is 79.1 Å². The molecule has 112 valence electrons. The Labute approximate surface area is 136 Å². The van der Waals surface area contributed by atoms with Gasteiger partial charge < -0.3 is 0 Å². The molecule has 1 aromatic heterocycles. The summed E-state index contributed by atoms with van der Waals surface area (Å²) in [6, 6.07) is 25.2. The van der Waals surface area contributed by atoms with Crippen molar-refractivity contribution in [2.75, 3.05) is 0 Å². The average Bonchev–Trinajstić information content (AvgIpc) is 2.98. The summed E-state index contributed by atoms with van der Waals surface area (Å²) in [6.45, 7) is 4.30. The van der Waals surface area contributed by atoms with Crippen LogP contribution in [0.25, 0.3) is 28.1 Å². The molecule has 4 aromatic rings. The Hall–Kier alpha value is -2.87. The Kier molecular flexibility index (Phi) is 3.23. The Morgan fingerprint density at radius 3 is 2.26 bits per heavy atom. The zero-order valence-electron chi connectivity index (χ0n) is 13.3. The van der Waals surface area contributed by atoms with Crippen molar-refractivity contribution in [1.82, 2.24) is 9.55 Å². The zero-order chi connectivity index (χ0) is 15.8. The standard InChI is InChI=1S/C21H18N2/c1-15-12-13-18(14-16(15)2)23-20-11-7-6-10-19(20)22-21(23)17-8-4-3-5-9-17/h3-14H,1-2H3. The lowest BCUT2D eigenvalue weighted by Crippen LogP contribution is -1.98. The third kappa shape index (κ3) is 2.33. The van der Waals surface area contributed by atoms with Crippen molar-refractivity contribution >= 4 is 11.0 Å². The maximum atomic E-state index is 4.87. The second kappa shape index (κ2) is 5.40. The van der Waals surface area contributed by atoms with E-state index in [9.17, 15) is 0 Å². The molecule has 1 heterocycles. The van der Waals surface area contributed by atoms with E-state index in [1.54, 1.807) is 0 Å². The molecule has 0 aliphatic carbocycles. The summed E-state index contributed by atoms with van der Waals surface area (Å²) in [5.74, 6) is 0.982. The quantitative estimate of drug-likeness (QED) is 0.490. The Bertz CT molecular complexity index is 981. The van der Waals surface area contributed by atoms with Gasteiger partial charge in [0.25, 0.3) is 0 Å². The maximum Gasteiger partial charge on any atom is 0.145 e. The zero-order valence-corrected chi connectivity index (χ0v) is 13.3. The van der Waals surface area contributed by atoms with Crippen LogP contribution >= 0.6 is 0 Å². The van der Waals surface area contributed by atoms with Gasteiger partial charge in [0.15, 0.2) is 0 Å². The fraction of sp³-hybridized carbons (Fsp3) is 0.0952. The van der Waals surface area contributed by atoms with E-state index in [0.29, 0.717) is 0 Å². The van der Waals surface area contributed by atoms with Crippen molar-refractivity contribution in [3.63, 3.8) is 0 Å². The van der Waals surface area contributed by atoms with Crippen LogP contribution in [0.2, 0.25) is 0 Å². The van der Waals surface area contributed by atoms with E-state index in [4.69, 9.17) is 4.98 Å². The van der Waals surface area contributed by atoms with Crippen LogP contribution in [0.1, 0.15) is 11.1 Å². The fourth-order valence-electron chi connectivity index (χ4n) is 2.93. The first kappa shape index (κ1) is 13.8. The highest BCUT2D eigenvalue weighted by atomic mass is 15.1. The lowest BCUT2D eigenvalue weighted by molar-refractivity contribution is 1.09. The lowest BCUT2D eigenvalue weighted by Gasteiger charge is -2.11. The van der Waals surface area contributed by atoms with Gasteiger partial charge in [0, 0.05) is 11.3 Å². The van der Waals surface area contributed by atoms with Gasteiger partial charge in [-0.05, 0) is 49.2 Å². The summed E-state index contributed by atoms with van der Waals surface area (Å²) < 4.78 is 2.25. The third-order valence-electron chi connectivity index (χ3n) is 4.34. The third-order valence-corrected chi connectivity index (χ3v) is 4.34. The van der Waals surface area contributed by atoms with Crippen LogP contribution in [0.5, 0.6) is 0 Å². The highest BCUT2D eigenvalue weighted by Crippen LogP contribution is 2.29. The summed E-state index contributed by atoms with van der Waals surface area (Å²) in [4.78, 5) is 4.87. The van der Waals surface area contributed by atoms with Crippen LogP contribution in [0.15, 0.2) is 72.8 Å². The Morgan fingerprint density at radius 2 is 1.48 bits per heavy atom. The molecule has 0 atom stereocenters. The minimum atomic E-state index is 0.982. The number of hydrogen-bond donors (Lipinski definition) is 0. The number of fused-ring (bicyclic) bond motifs is 1. The topological polar surface area (TPSA) is 17.8 Å². The molecule has 2 nitrogen and oxygen atoms in total. The summed E-state index contributed by atoms with van der Waals surface area (Å²) >= 11 is 0. The van der Waals surface area contributed by atoms with Gasteiger partial charge in [0.05, 0.1) is 11.0 Å². The summed E-state index contributed by atoms with van der Waals surface area (Å²) in [7, 11) is 0. The molecule has 4 rings (SSSR count). The number of para-hydroxylation sites is 2.